The lowest BCUT2D eigenvalue weighted by molar-refractivity contribution is 0.102. The molecule has 1 N–H and O–H groups in total. The molecule has 0 saturated carbocycles. The number of aryl methyl sites for hydroxylation is 1. The maximum absolute atomic E-state index is 13.5. The van der Waals surface area contributed by atoms with Gasteiger partial charge in [-0.2, -0.15) is 5.10 Å². The van der Waals surface area contributed by atoms with Crippen LogP contribution in [-0.2, 0) is 0 Å². The first-order valence-electron chi connectivity index (χ1n) is 9.88. The van der Waals surface area contributed by atoms with Gasteiger partial charge in [-0.1, -0.05) is 30.3 Å². The van der Waals surface area contributed by atoms with Gasteiger partial charge >= 0.3 is 0 Å². The Kier molecular flexibility index (Phi) is 5.81. The molecule has 0 spiro atoms. The second-order valence-corrected chi connectivity index (χ2v) is 7.08. The molecule has 32 heavy (non-hydrogen) atoms. The second-order valence-electron chi connectivity index (χ2n) is 7.08. The molecule has 0 aliphatic carbocycles. The molecule has 0 aliphatic rings. The maximum atomic E-state index is 13.5. The number of rotatable bonds is 5. The molecule has 0 aliphatic heterocycles. The van der Waals surface area contributed by atoms with E-state index in [-0.39, 0.29) is 22.5 Å². The van der Waals surface area contributed by atoms with E-state index >= 15 is 0 Å². The summed E-state index contributed by atoms with van der Waals surface area (Å²) >= 11 is 0. The molecule has 0 saturated heterocycles. The lowest BCUT2D eigenvalue weighted by atomic mass is 10.0. The summed E-state index contributed by atoms with van der Waals surface area (Å²) < 4.78 is 20.3. The van der Waals surface area contributed by atoms with Gasteiger partial charge in [0.15, 0.2) is 0 Å². The van der Waals surface area contributed by atoms with Crippen LogP contribution >= 0.6 is 0 Å². The van der Waals surface area contributed by atoms with Crippen LogP contribution < -0.4 is 15.5 Å². The third-order valence-electron chi connectivity index (χ3n) is 4.95. The van der Waals surface area contributed by atoms with Crippen LogP contribution in [0.15, 0.2) is 83.7 Å². The highest BCUT2D eigenvalue weighted by molar-refractivity contribution is 6.05. The standard InChI is InChI=1S/C25H20FN3O3/c1-16-23(30)22(18-9-6-10-21(15-18)32-2)24(27-25(31)17-7-4-3-5-8-17)29(28-16)20-13-11-19(26)12-14-20/h3-15H,1-2H3,(H,27,31). The molecule has 1 amide bonds. The third-order valence-corrected chi connectivity index (χ3v) is 4.95. The number of hydrogen-bond acceptors (Lipinski definition) is 4. The Labute approximate surface area is 183 Å². The van der Waals surface area contributed by atoms with E-state index in [4.69, 9.17) is 4.74 Å². The summed E-state index contributed by atoms with van der Waals surface area (Å²) in [5.41, 5.74) is 1.61. The number of anilines is 1. The average Bonchev–Trinajstić information content (AvgIpc) is 2.82. The van der Waals surface area contributed by atoms with E-state index in [0.717, 1.165) is 0 Å². The van der Waals surface area contributed by atoms with E-state index in [1.165, 1.54) is 36.1 Å². The third kappa shape index (κ3) is 4.13. The summed E-state index contributed by atoms with van der Waals surface area (Å²) in [5.74, 6) is -0.0792. The molecule has 6 nitrogen and oxygen atoms in total. The van der Waals surface area contributed by atoms with Crippen LogP contribution in [0.4, 0.5) is 10.2 Å². The smallest absolute Gasteiger partial charge is 0.256 e. The molecule has 1 aromatic heterocycles. The maximum Gasteiger partial charge on any atom is 0.256 e. The zero-order chi connectivity index (χ0) is 22.7. The lowest BCUT2D eigenvalue weighted by Crippen LogP contribution is -2.25. The molecule has 160 valence electrons. The fourth-order valence-corrected chi connectivity index (χ4v) is 3.34. The minimum atomic E-state index is -0.408. The van der Waals surface area contributed by atoms with Crippen molar-refractivity contribution in [2.45, 2.75) is 6.92 Å². The van der Waals surface area contributed by atoms with Crippen molar-refractivity contribution >= 4 is 11.7 Å². The van der Waals surface area contributed by atoms with Gasteiger partial charge in [-0.25, -0.2) is 9.07 Å². The van der Waals surface area contributed by atoms with Crippen molar-refractivity contribution in [3.05, 3.63) is 106 Å². The molecule has 4 aromatic rings. The van der Waals surface area contributed by atoms with Crippen LogP contribution in [-0.4, -0.2) is 22.8 Å². The Balaban J connectivity index is 1.97. The van der Waals surface area contributed by atoms with Crippen molar-refractivity contribution in [3.8, 4) is 22.6 Å². The van der Waals surface area contributed by atoms with Crippen LogP contribution in [0.5, 0.6) is 5.75 Å². The van der Waals surface area contributed by atoms with Crippen molar-refractivity contribution < 1.29 is 13.9 Å². The first-order chi connectivity index (χ1) is 15.5. The van der Waals surface area contributed by atoms with E-state index in [2.05, 4.69) is 10.4 Å². The highest BCUT2D eigenvalue weighted by Crippen LogP contribution is 2.30. The van der Waals surface area contributed by atoms with Gasteiger partial charge in [-0.3, -0.25) is 9.59 Å². The van der Waals surface area contributed by atoms with Crippen molar-refractivity contribution in [3.63, 3.8) is 0 Å². The topological polar surface area (TPSA) is 73.2 Å². The number of ether oxygens (including phenoxy) is 1. The number of hydrogen-bond donors (Lipinski definition) is 1. The van der Waals surface area contributed by atoms with Gasteiger partial charge in [0, 0.05) is 5.56 Å². The number of methoxy groups -OCH3 is 1. The van der Waals surface area contributed by atoms with Crippen LogP contribution in [0.3, 0.4) is 0 Å². The Morgan fingerprint density at radius 1 is 1.00 bits per heavy atom. The molecule has 4 rings (SSSR count). The predicted molar refractivity (Wildman–Crippen MR) is 121 cm³/mol. The van der Waals surface area contributed by atoms with Gasteiger partial charge < -0.3 is 10.1 Å². The summed E-state index contributed by atoms with van der Waals surface area (Å²) in [5, 5.41) is 7.22. The Morgan fingerprint density at radius 2 is 1.72 bits per heavy atom. The van der Waals surface area contributed by atoms with Gasteiger partial charge in [-0.15, -0.1) is 0 Å². The summed E-state index contributed by atoms with van der Waals surface area (Å²) in [7, 11) is 1.53. The molecule has 0 radical (unpaired) electrons. The first-order valence-corrected chi connectivity index (χ1v) is 9.88. The quantitative estimate of drug-likeness (QED) is 0.503. The monoisotopic (exact) mass is 429 g/mol. The van der Waals surface area contributed by atoms with Crippen molar-refractivity contribution in [1.29, 1.82) is 0 Å². The normalized spacial score (nSPS) is 10.6. The molecule has 0 bridgehead atoms. The number of nitrogens with zero attached hydrogens (tertiary/aromatic N) is 2. The van der Waals surface area contributed by atoms with E-state index in [1.54, 1.807) is 61.5 Å². The highest BCUT2D eigenvalue weighted by atomic mass is 19.1. The zero-order valence-corrected chi connectivity index (χ0v) is 17.5. The number of carbonyl (C=O) groups is 1. The zero-order valence-electron chi connectivity index (χ0n) is 17.5. The molecular weight excluding hydrogens is 409 g/mol. The molecule has 1 heterocycles. The van der Waals surface area contributed by atoms with E-state index in [9.17, 15) is 14.0 Å². The van der Waals surface area contributed by atoms with Crippen LogP contribution in [0.1, 0.15) is 16.1 Å². The fraction of sp³-hybridized carbons (Fsp3) is 0.0800. The molecule has 0 fully saturated rings. The average molecular weight is 429 g/mol. The number of nitrogens with one attached hydrogen (secondary N) is 1. The fourth-order valence-electron chi connectivity index (χ4n) is 3.34. The van der Waals surface area contributed by atoms with E-state index in [0.29, 0.717) is 22.6 Å². The van der Waals surface area contributed by atoms with Crippen LogP contribution in [0.2, 0.25) is 0 Å². The SMILES string of the molecule is COc1cccc(-c2c(NC(=O)c3ccccc3)n(-c3ccc(F)cc3)nc(C)c2=O)c1. The van der Waals surface area contributed by atoms with Gasteiger partial charge in [0.1, 0.15) is 23.1 Å². The van der Waals surface area contributed by atoms with Crippen molar-refractivity contribution in [1.82, 2.24) is 9.78 Å². The van der Waals surface area contributed by atoms with Crippen LogP contribution in [0, 0.1) is 12.7 Å². The largest absolute Gasteiger partial charge is 0.497 e. The van der Waals surface area contributed by atoms with Gasteiger partial charge in [0.2, 0.25) is 5.43 Å². The number of halogens is 1. The van der Waals surface area contributed by atoms with E-state index in [1.807, 2.05) is 0 Å². The molecular formula is C25H20FN3O3. The van der Waals surface area contributed by atoms with Crippen molar-refractivity contribution in [2.24, 2.45) is 0 Å². The van der Waals surface area contributed by atoms with E-state index < -0.39 is 11.7 Å². The second kappa shape index (κ2) is 8.85. The summed E-state index contributed by atoms with van der Waals surface area (Å²) in [6.45, 7) is 1.59. The van der Waals surface area contributed by atoms with Gasteiger partial charge in [-0.05, 0) is 61.0 Å². The molecule has 3 aromatic carbocycles. The summed E-state index contributed by atoms with van der Waals surface area (Å²) in [6, 6.07) is 21.3. The number of aromatic nitrogens is 2. The Bertz CT molecular complexity index is 1330. The van der Waals surface area contributed by atoms with Gasteiger partial charge in [0.05, 0.1) is 18.4 Å². The number of benzene rings is 3. The van der Waals surface area contributed by atoms with Crippen LogP contribution in [0.25, 0.3) is 16.8 Å². The van der Waals surface area contributed by atoms with Crippen molar-refractivity contribution in [2.75, 3.05) is 12.4 Å². The number of amides is 1. The molecule has 7 heteroatoms. The summed E-state index contributed by atoms with van der Waals surface area (Å²) in [6.07, 6.45) is 0. The predicted octanol–water partition coefficient (Wildman–Crippen LogP) is 4.61. The minimum absolute atomic E-state index is 0.175. The number of carbonyl (C=O) groups excluding carboxylic acids is 1. The molecule has 0 unspecified atom stereocenters. The first kappa shape index (κ1) is 21.0. The highest BCUT2D eigenvalue weighted by Gasteiger charge is 2.21. The Hall–Kier alpha value is -4.26. The minimum Gasteiger partial charge on any atom is -0.497 e. The lowest BCUT2D eigenvalue weighted by Gasteiger charge is -2.18. The van der Waals surface area contributed by atoms with Gasteiger partial charge in [0.25, 0.3) is 5.91 Å². The summed E-state index contributed by atoms with van der Waals surface area (Å²) in [4.78, 5) is 26.2. The Morgan fingerprint density at radius 3 is 2.41 bits per heavy atom. The molecule has 0 atom stereocenters.